The number of hydrogen-bond donors (Lipinski definition) is 1. The van der Waals surface area contributed by atoms with Crippen molar-refractivity contribution in [2.45, 2.75) is 6.92 Å². The van der Waals surface area contributed by atoms with Gasteiger partial charge in [0.25, 0.3) is 5.91 Å². The summed E-state index contributed by atoms with van der Waals surface area (Å²) in [6.45, 7) is 1.77. The van der Waals surface area contributed by atoms with E-state index in [4.69, 9.17) is 23.2 Å². The van der Waals surface area contributed by atoms with Crippen LogP contribution in [0.25, 0.3) is 10.1 Å². The van der Waals surface area contributed by atoms with E-state index in [1.54, 1.807) is 19.2 Å². The van der Waals surface area contributed by atoms with Gasteiger partial charge in [0.15, 0.2) is 0 Å². The van der Waals surface area contributed by atoms with Crippen molar-refractivity contribution in [3.05, 3.63) is 63.2 Å². The number of pyridine rings is 1. The van der Waals surface area contributed by atoms with Crippen molar-refractivity contribution in [1.82, 2.24) is 10.4 Å². The topological polar surface area (TPSA) is 54.4 Å². The predicted octanol–water partition coefficient (Wildman–Crippen LogP) is 4.76. The van der Waals surface area contributed by atoms with Crippen LogP contribution in [0.3, 0.4) is 0 Å². The number of carbonyl (C=O) groups excluding carboxylic acids is 1. The molecule has 0 saturated carbocycles. The van der Waals surface area contributed by atoms with E-state index in [9.17, 15) is 4.79 Å². The molecule has 1 aromatic carbocycles. The molecular weight excluding hydrogens is 353 g/mol. The van der Waals surface area contributed by atoms with Gasteiger partial charge in [0.05, 0.1) is 21.5 Å². The Balaban J connectivity index is 1.87. The van der Waals surface area contributed by atoms with E-state index in [0.29, 0.717) is 31.7 Å². The first kappa shape index (κ1) is 15.9. The third-order valence-electron chi connectivity index (χ3n) is 3.17. The molecule has 0 unspecified atom stereocenters. The number of benzene rings is 1. The van der Waals surface area contributed by atoms with E-state index in [0.717, 1.165) is 4.70 Å². The molecule has 7 heteroatoms. The number of thiophene rings is 1. The smallest absolute Gasteiger partial charge is 0.266 e. The average Bonchev–Trinajstić information content (AvgIpc) is 2.91. The highest BCUT2D eigenvalue weighted by Gasteiger charge is 2.18. The third kappa shape index (κ3) is 3.22. The van der Waals surface area contributed by atoms with E-state index in [1.165, 1.54) is 11.3 Å². The fraction of sp³-hybridized carbons (Fsp3) is 0.0625. The zero-order valence-corrected chi connectivity index (χ0v) is 14.3. The molecule has 3 rings (SSSR count). The first-order valence-corrected chi connectivity index (χ1v) is 8.27. The van der Waals surface area contributed by atoms with E-state index in [-0.39, 0.29) is 5.91 Å². The Bertz CT molecular complexity index is 906. The lowest BCUT2D eigenvalue weighted by atomic mass is 10.2. The van der Waals surface area contributed by atoms with Crippen LogP contribution in [0.5, 0.6) is 0 Å². The van der Waals surface area contributed by atoms with Crippen LogP contribution >= 0.6 is 34.5 Å². The highest BCUT2D eigenvalue weighted by molar-refractivity contribution is 7.21. The van der Waals surface area contributed by atoms with Gasteiger partial charge in [-0.05, 0) is 31.2 Å². The summed E-state index contributed by atoms with van der Waals surface area (Å²) in [4.78, 5) is 16.9. The molecule has 0 atom stereocenters. The Kier molecular flexibility index (Phi) is 4.61. The fourth-order valence-electron chi connectivity index (χ4n) is 2.04. The number of fused-ring (bicyclic) bond motifs is 1. The Morgan fingerprint density at radius 1 is 1.22 bits per heavy atom. The second-order valence-electron chi connectivity index (χ2n) is 4.71. The van der Waals surface area contributed by atoms with Crippen molar-refractivity contribution < 1.29 is 4.79 Å². The van der Waals surface area contributed by atoms with Gasteiger partial charge >= 0.3 is 0 Å². The molecule has 2 aromatic heterocycles. The van der Waals surface area contributed by atoms with Gasteiger partial charge in [0.2, 0.25) is 0 Å². The van der Waals surface area contributed by atoms with E-state index in [2.05, 4.69) is 15.5 Å². The molecule has 0 saturated heterocycles. The lowest BCUT2D eigenvalue weighted by Crippen LogP contribution is -2.18. The quantitative estimate of drug-likeness (QED) is 0.538. The molecule has 1 N–H and O–H groups in total. The van der Waals surface area contributed by atoms with Crippen LogP contribution in [0.15, 0.2) is 47.7 Å². The Morgan fingerprint density at radius 2 is 2.04 bits per heavy atom. The van der Waals surface area contributed by atoms with E-state index < -0.39 is 0 Å². The van der Waals surface area contributed by atoms with Crippen LogP contribution in [0, 0.1) is 0 Å². The summed E-state index contributed by atoms with van der Waals surface area (Å²) in [5, 5.41) is 5.64. The number of halogens is 2. The SMILES string of the molecule is C/C(=N\NC(=O)c1sc2cccc(Cl)c2c1Cl)c1ccccn1. The first-order chi connectivity index (χ1) is 11.1. The average molecular weight is 364 g/mol. The molecule has 1 amide bonds. The van der Waals surface area contributed by atoms with Crippen LogP contribution in [0.2, 0.25) is 10.0 Å². The first-order valence-electron chi connectivity index (χ1n) is 6.70. The number of nitrogens with zero attached hydrogens (tertiary/aromatic N) is 2. The summed E-state index contributed by atoms with van der Waals surface area (Å²) < 4.78 is 0.859. The number of amides is 1. The number of hydrogen-bond acceptors (Lipinski definition) is 4. The Hall–Kier alpha value is -1.95. The lowest BCUT2D eigenvalue weighted by molar-refractivity contribution is 0.0959. The standard InChI is InChI=1S/C16H11Cl2N3OS/c1-9(11-6-2-3-8-19-11)20-21-16(22)15-14(18)13-10(17)5-4-7-12(13)23-15/h2-8H,1H3,(H,21,22)/b20-9+. The second kappa shape index (κ2) is 6.66. The van der Waals surface area contributed by atoms with E-state index >= 15 is 0 Å². The maximum absolute atomic E-state index is 12.3. The van der Waals surface area contributed by atoms with E-state index in [1.807, 2.05) is 30.3 Å². The molecule has 4 nitrogen and oxygen atoms in total. The zero-order chi connectivity index (χ0) is 16.4. The van der Waals surface area contributed by atoms with Gasteiger partial charge in [0.1, 0.15) is 4.88 Å². The molecular formula is C16H11Cl2N3OS. The van der Waals surface area contributed by atoms with Gasteiger partial charge in [-0.25, -0.2) is 5.43 Å². The lowest BCUT2D eigenvalue weighted by Gasteiger charge is -2.01. The monoisotopic (exact) mass is 363 g/mol. The van der Waals surface area contributed by atoms with Crippen molar-refractivity contribution in [3.63, 3.8) is 0 Å². The van der Waals surface area contributed by atoms with Crippen molar-refractivity contribution in [1.29, 1.82) is 0 Å². The molecule has 23 heavy (non-hydrogen) atoms. The van der Waals surface area contributed by atoms with Gasteiger partial charge in [-0.1, -0.05) is 35.3 Å². The summed E-state index contributed by atoms with van der Waals surface area (Å²) in [5.41, 5.74) is 3.81. The van der Waals surface area contributed by atoms with Crippen molar-refractivity contribution in [2.24, 2.45) is 5.10 Å². The summed E-state index contributed by atoms with van der Waals surface area (Å²) in [6, 6.07) is 10.9. The normalized spacial score (nSPS) is 11.7. The predicted molar refractivity (Wildman–Crippen MR) is 95.8 cm³/mol. The minimum Gasteiger partial charge on any atom is -0.266 e. The van der Waals surface area contributed by atoms with Gasteiger partial charge < -0.3 is 0 Å². The zero-order valence-electron chi connectivity index (χ0n) is 12.0. The minimum absolute atomic E-state index is 0.346. The summed E-state index contributed by atoms with van der Waals surface area (Å²) >= 11 is 13.7. The van der Waals surface area contributed by atoms with Crippen molar-refractivity contribution in [3.8, 4) is 0 Å². The molecule has 0 bridgehead atoms. The van der Waals surface area contributed by atoms with Crippen molar-refractivity contribution in [2.75, 3.05) is 0 Å². The maximum Gasteiger partial charge on any atom is 0.283 e. The summed E-state index contributed by atoms with van der Waals surface area (Å²) in [5.74, 6) is -0.373. The van der Waals surface area contributed by atoms with Crippen molar-refractivity contribution >= 4 is 56.2 Å². The third-order valence-corrected chi connectivity index (χ3v) is 5.13. The molecule has 0 spiro atoms. The molecule has 0 aliphatic rings. The van der Waals surface area contributed by atoms with Crippen LogP contribution in [-0.4, -0.2) is 16.6 Å². The summed E-state index contributed by atoms with van der Waals surface area (Å²) in [7, 11) is 0. The van der Waals surface area contributed by atoms with Gasteiger partial charge in [0, 0.05) is 16.3 Å². The molecule has 0 aliphatic heterocycles. The number of nitrogens with one attached hydrogen (secondary N) is 1. The Morgan fingerprint density at radius 3 is 2.74 bits per heavy atom. The highest BCUT2D eigenvalue weighted by atomic mass is 35.5. The van der Waals surface area contributed by atoms with Gasteiger partial charge in [-0.15, -0.1) is 11.3 Å². The van der Waals surface area contributed by atoms with Gasteiger partial charge in [-0.3, -0.25) is 9.78 Å². The number of hydrazone groups is 1. The highest BCUT2D eigenvalue weighted by Crippen LogP contribution is 2.39. The van der Waals surface area contributed by atoms with Crippen LogP contribution < -0.4 is 5.43 Å². The van der Waals surface area contributed by atoms with Gasteiger partial charge in [-0.2, -0.15) is 5.10 Å². The molecule has 2 heterocycles. The molecule has 116 valence electrons. The number of aromatic nitrogens is 1. The minimum atomic E-state index is -0.373. The second-order valence-corrected chi connectivity index (χ2v) is 6.55. The fourth-order valence-corrected chi connectivity index (χ4v) is 3.88. The van der Waals surface area contributed by atoms with Crippen LogP contribution in [0.1, 0.15) is 22.3 Å². The summed E-state index contributed by atoms with van der Waals surface area (Å²) in [6.07, 6.45) is 1.67. The van der Waals surface area contributed by atoms with Crippen LogP contribution in [0.4, 0.5) is 0 Å². The van der Waals surface area contributed by atoms with Crippen LogP contribution in [-0.2, 0) is 0 Å². The molecule has 3 aromatic rings. The Labute approximate surface area is 146 Å². The molecule has 0 radical (unpaired) electrons. The maximum atomic E-state index is 12.3. The molecule has 0 aliphatic carbocycles. The largest absolute Gasteiger partial charge is 0.283 e. The number of rotatable bonds is 3. The molecule has 0 fully saturated rings. The number of carbonyl (C=O) groups is 1.